The van der Waals surface area contributed by atoms with Gasteiger partial charge in [-0.05, 0) is 50.8 Å². The van der Waals surface area contributed by atoms with Crippen molar-refractivity contribution in [1.82, 2.24) is 25.4 Å². The van der Waals surface area contributed by atoms with E-state index in [4.69, 9.17) is 4.74 Å². The molecule has 7 nitrogen and oxygen atoms in total. The fraction of sp³-hybridized carbons (Fsp3) is 0.591. The molecule has 3 rings (SSSR count). The zero-order chi connectivity index (χ0) is 21.3. The fourth-order valence-corrected chi connectivity index (χ4v) is 3.72. The van der Waals surface area contributed by atoms with Gasteiger partial charge in [-0.1, -0.05) is 12.5 Å². The number of ether oxygens (including phenoxy) is 1. The van der Waals surface area contributed by atoms with Gasteiger partial charge in [-0.3, -0.25) is 4.99 Å². The van der Waals surface area contributed by atoms with Gasteiger partial charge in [-0.15, -0.1) is 34.2 Å². The summed E-state index contributed by atoms with van der Waals surface area (Å²) < 4.78 is 21.3. The largest absolute Gasteiger partial charge is 0.494 e. The normalized spacial score (nSPS) is 14.8. The molecule has 1 aliphatic heterocycles. The molecule has 1 atom stereocenters. The molecule has 9 heteroatoms. The van der Waals surface area contributed by atoms with Crippen molar-refractivity contribution in [2.24, 2.45) is 4.99 Å². The summed E-state index contributed by atoms with van der Waals surface area (Å²) in [6, 6.07) is 4.92. The summed E-state index contributed by atoms with van der Waals surface area (Å²) in [6.45, 7) is 6.48. The number of hydrogen-bond donors (Lipinski definition) is 2. The van der Waals surface area contributed by atoms with Gasteiger partial charge >= 0.3 is 0 Å². The summed E-state index contributed by atoms with van der Waals surface area (Å²) in [4.78, 5) is 4.68. The molecule has 0 saturated carbocycles. The van der Waals surface area contributed by atoms with E-state index >= 15 is 0 Å². The average Bonchev–Trinajstić information content (AvgIpc) is 2.97. The summed E-state index contributed by atoms with van der Waals surface area (Å²) in [7, 11) is 1.46. The maximum atomic E-state index is 14.0. The van der Waals surface area contributed by atoms with Crippen LogP contribution in [0.15, 0.2) is 23.2 Å². The van der Waals surface area contributed by atoms with Gasteiger partial charge in [0.2, 0.25) is 0 Å². The molecule has 0 aliphatic carbocycles. The molecule has 0 spiro atoms. The predicted molar refractivity (Wildman–Crippen MR) is 132 cm³/mol. The lowest BCUT2D eigenvalue weighted by Crippen LogP contribution is -2.38. The van der Waals surface area contributed by atoms with E-state index in [1.807, 2.05) is 19.9 Å². The van der Waals surface area contributed by atoms with Crippen LogP contribution < -0.4 is 15.4 Å². The third-order valence-corrected chi connectivity index (χ3v) is 5.39. The number of halogens is 2. The highest BCUT2D eigenvalue weighted by atomic mass is 127. The Balaban J connectivity index is 0.00000341. The van der Waals surface area contributed by atoms with Gasteiger partial charge < -0.3 is 19.9 Å². The van der Waals surface area contributed by atoms with E-state index in [0.717, 1.165) is 55.5 Å². The van der Waals surface area contributed by atoms with Gasteiger partial charge in [0, 0.05) is 32.5 Å². The van der Waals surface area contributed by atoms with Gasteiger partial charge in [0.25, 0.3) is 0 Å². The van der Waals surface area contributed by atoms with E-state index in [1.54, 1.807) is 6.07 Å². The van der Waals surface area contributed by atoms with Crippen LogP contribution in [-0.2, 0) is 19.4 Å². The molecule has 0 amide bonds. The van der Waals surface area contributed by atoms with E-state index < -0.39 is 0 Å². The number of aliphatic imine (C=N–C) groups is 1. The number of aryl methyl sites for hydroxylation is 2. The van der Waals surface area contributed by atoms with Crippen LogP contribution in [0.5, 0.6) is 5.75 Å². The van der Waals surface area contributed by atoms with Crippen LogP contribution >= 0.6 is 24.0 Å². The second-order valence-electron chi connectivity index (χ2n) is 7.62. The summed E-state index contributed by atoms with van der Waals surface area (Å²) in [5, 5.41) is 15.4. The monoisotopic (exact) mass is 544 g/mol. The molecular formula is C22H34FIN6O. The Morgan fingerprint density at radius 2 is 2.13 bits per heavy atom. The molecule has 2 aromatic rings. The van der Waals surface area contributed by atoms with Gasteiger partial charge in [0.1, 0.15) is 11.6 Å². The van der Waals surface area contributed by atoms with Gasteiger partial charge in [-0.25, -0.2) is 4.39 Å². The molecule has 2 N–H and O–H groups in total. The lowest BCUT2D eigenvalue weighted by Gasteiger charge is -2.18. The Labute approximate surface area is 201 Å². The van der Waals surface area contributed by atoms with Crippen LogP contribution in [0.25, 0.3) is 0 Å². The Bertz CT molecular complexity index is 857. The number of methoxy groups -OCH3 is 1. The summed E-state index contributed by atoms with van der Waals surface area (Å²) >= 11 is 0. The highest BCUT2D eigenvalue weighted by Crippen LogP contribution is 2.21. The van der Waals surface area contributed by atoms with Crippen molar-refractivity contribution in [2.75, 3.05) is 20.2 Å². The summed E-state index contributed by atoms with van der Waals surface area (Å²) in [5.74, 6) is 2.81. The van der Waals surface area contributed by atoms with Crippen LogP contribution in [0, 0.1) is 5.82 Å². The SMILES string of the molecule is CCNC(=NCCCc1nnc2n1CCCCC2)NC(C)c1ccc(OC)c(F)c1.I. The Morgan fingerprint density at radius 1 is 1.29 bits per heavy atom. The number of fused-ring (bicyclic) bond motifs is 1. The van der Waals surface area contributed by atoms with Crippen molar-refractivity contribution in [2.45, 2.75) is 65.0 Å². The van der Waals surface area contributed by atoms with Crippen molar-refractivity contribution in [3.63, 3.8) is 0 Å². The first-order valence-corrected chi connectivity index (χ1v) is 10.9. The van der Waals surface area contributed by atoms with Crippen LogP contribution in [0.3, 0.4) is 0 Å². The Morgan fingerprint density at radius 3 is 2.87 bits per heavy atom. The summed E-state index contributed by atoms with van der Waals surface area (Å²) in [5.41, 5.74) is 0.838. The number of hydrogen-bond acceptors (Lipinski definition) is 4. The fourth-order valence-electron chi connectivity index (χ4n) is 3.72. The number of nitrogens with zero attached hydrogens (tertiary/aromatic N) is 4. The zero-order valence-corrected chi connectivity index (χ0v) is 21.0. The molecule has 0 fully saturated rings. The van der Waals surface area contributed by atoms with E-state index in [1.165, 1.54) is 32.4 Å². The molecule has 172 valence electrons. The molecule has 1 aromatic carbocycles. The average molecular weight is 544 g/mol. The third-order valence-electron chi connectivity index (χ3n) is 5.39. The van der Waals surface area contributed by atoms with Crippen LogP contribution in [0.2, 0.25) is 0 Å². The van der Waals surface area contributed by atoms with Crippen molar-refractivity contribution >= 4 is 29.9 Å². The second kappa shape index (κ2) is 12.8. The third kappa shape index (κ3) is 7.05. The Kier molecular flexibility index (Phi) is 10.5. The van der Waals surface area contributed by atoms with Gasteiger partial charge in [0.05, 0.1) is 13.2 Å². The van der Waals surface area contributed by atoms with Crippen LogP contribution in [0.4, 0.5) is 4.39 Å². The maximum Gasteiger partial charge on any atom is 0.191 e. The van der Waals surface area contributed by atoms with Crippen molar-refractivity contribution in [3.8, 4) is 5.75 Å². The van der Waals surface area contributed by atoms with Crippen molar-refractivity contribution in [3.05, 3.63) is 41.2 Å². The molecular weight excluding hydrogens is 510 g/mol. The van der Waals surface area contributed by atoms with Gasteiger partial charge in [0.15, 0.2) is 17.5 Å². The number of rotatable bonds is 8. The maximum absolute atomic E-state index is 14.0. The Hall–Kier alpha value is -1.91. The van der Waals surface area contributed by atoms with E-state index in [9.17, 15) is 4.39 Å². The lowest BCUT2D eigenvalue weighted by atomic mass is 10.1. The van der Waals surface area contributed by atoms with E-state index in [2.05, 4.69) is 30.4 Å². The molecule has 0 bridgehead atoms. The number of guanidine groups is 1. The minimum Gasteiger partial charge on any atom is -0.494 e. The number of benzene rings is 1. The molecule has 0 saturated heterocycles. The van der Waals surface area contributed by atoms with Crippen molar-refractivity contribution < 1.29 is 9.13 Å². The smallest absolute Gasteiger partial charge is 0.191 e. The highest BCUT2D eigenvalue weighted by Gasteiger charge is 2.14. The van der Waals surface area contributed by atoms with E-state index in [-0.39, 0.29) is 41.6 Å². The quantitative estimate of drug-likeness (QED) is 0.227. The zero-order valence-electron chi connectivity index (χ0n) is 18.7. The molecule has 2 heterocycles. The molecule has 0 radical (unpaired) electrons. The van der Waals surface area contributed by atoms with E-state index in [0.29, 0.717) is 6.54 Å². The number of aromatic nitrogens is 3. The second-order valence-corrected chi connectivity index (χ2v) is 7.62. The first kappa shape index (κ1) is 25.4. The molecule has 1 aromatic heterocycles. The first-order chi connectivity index (χ1) is 14.6. The minimum absolute atomic E-state index is 0. The lowest BCUT2D eigenvalue weighted by molar-refractivity contribution is 0.386. The molecule has 1 aliphatic rings. The predicted octanol–water partition coefficient (Wildman–Crippen LogP) is 4.02. The van der Waals surface area contributed by atoms with Crippen molar-refractivity contribution in [1.29, 1.82) is 0 Å². The number of nitrogens with one attached hydrogen (secondary N) is 2. The standard InChI is InChI=1S/C22H33FN6O.HI/c1-4-24-22(26-16(2)17-11-12-19(30-3)18(23)15-17)25-13-8-10-21-28-27-20-9-6-5-7-14-29(20)21;/h11-12,15-16H,4-10,13-14H2,1-3H3,(H2,24,25,26);1H. The summed E-state index contributed by atoms with van der Waals surface area (Å²) in [6.07, 6.45) is 6.48. The topological polar surface area (TPSA) is 76.4 Å². The molecule has 1 unspecified atom stereocenters. The highest BCUT2D eigenvalue weighted by molar-refractivity contribution is 14.0. The van der Waals surface area contributed by atoms with Crippen LogP contribution in [0.1, 0.15) is 62.8 Å². The van der Waals surface area contributed by atoms with Crippen LogP contribution in [-0.4, -0.2) is 40.9 Å². The minimum atomic E-state index is -0.363. The first-order valence-electron chi connectivity index (χ1n) is 10.9. The molecule has 31 heavy (non-hydrogen) atoms. The van der Waals surface area contributed by atoms with Gasteiger partial charge in [-0.2, -0.15) is 0 Å².